The predicted octanol–water partition coefficient (Wildman–Crippen LogP) is 1.62. The lowest BCUT2D eigenvalue weighted by molar-refractivity contribution is 0.00383. The summed E-state index contributed by atoms with van der Waals surface area (Å²) in [4.78, 5) is 11.8. The van der Waals surface area contributed by atoms with Crippen LogP contribution in [0.5, 0.6) is 0 Å². The van der Waals surface area contributed by atoms with Gasteiger partial charge in [-0.2, -0.15) is 5.10 Å². The molecule has 102 valence electrons. The fourth-order valence-corrected chi connectivity index (χ4v) is 1.66. The summed E-state index contributed by atoms with van der Waals surface area (Å²) in [5, 5.41) is 15.4. The van der Waals surface area contributed by atoms with Crippen molar-refractivity contribution in [2.75, 3.05) is 11.9 Å². The van der Waals surface area contributed by atoms with Gasteiger partial charge in [-0.15, -0.1) is 0 Å². The highest BCUT2D eigenvalue weighted by atomic mass is 79.9. The maximum absolute atomic E-state index is 12.1. The normalized spacial score (nSPS) is 13.1. The third-order valence-electron chi connectivity index (χ3n) is 2.23. The molecule has 1 atom stereocenters. The molecule has 1 heterocycles. The molecule has 1 rings (SSSR count). The van der Waals surface area contributed by atoms with Crippen LogP contribution in [-0.2, 0) is 0 Å². The van der Waals surface area contributed by atoms with Crippen molar-refractivity contribution in [3.8, 4) is 0 Å². The van der Waals surface area contributed by atoms with E-state index >= 15 is 0 Å². The molecule has 0 aliphatic heterocycles. The summed E-state index contributed by atoms with van der Waals surface area (Å²) >= 11 is 3.08. The molecule has 0 fully saturated rings. The van der Waals surface area contributed by atoms with Crippen LogP contribution in [0.1, 0.15) is 19.9 Å². The molecule has 0 spiro atoms. The molecule has 18 heavy (non-hydrogen) atoms. The van der Waals surface area contributed by atoms with Crippen LogP contribution in [0, 0.1) is 0 Å². The summed E-state index contributed by atoms with van der Waals surface area (Å²) in [6.45, 7) is 3.24. The molecule has 0 radical (unpaired) electrons. The number of nitrogens with zero attached hydrogens (tertiary/aromatic N) is 2. The van der Waals surface area contributed by atoms with E-state index < -0.39 is 12.5 Å². The van der Waals surface area contributed by atoms with Gasteiger partial charge in [-0.05, 0) is 29.8 Å². The zero-order valence-electron chi connectivity index (χ0n) is 9.90. The van der Waals surface area contributed by atoms with E-state index in [0.29, 0.717) is 0 Å². The molecule has 5 nitrogen and oxygen atoms in total. The second-order valence-electron chi connectivity index (χ2n) is 4.00. The minimum Gasteiger partial charge on any atom is -0.385 e. The number of alkyl halides is 2. The highest BCUT2D eigenvalue weighted by molar-refractivity contribution is 9.10. The van der Waals surface area contributed by atoms with Crippen molar-refractivity contribution in [2.45, 2.75) is 32.4 Å². The van der Waals surface area contributed by atoms with Gasteiger partial charge in [0.15, 0.2) is 0 Å². The first-order chi connectivity index (χ1) is 8.34. The molecule has 0 aliphatic rings. The van der Waals surface area contributed by atoms with Crippen molar-refractivity contribution >= 4 is 21.6 Å². The van der Waals surface area contributed by atoms with Gasteiger partial charge in [-0.1, -0.05) is 0 Å². The van der Waals surface area contributed by atoms with E-state index in [1.165, 1.54) is 10.9 Å². The number of aliphatic hydroxyl groups excluding tert-OH is 1. The van der Waals surface area contributed by atoms with E-state index in [1.54, 1.807) is 13.8 Å². The van der Waals surface area contributed by atoms with Gasteiger partial charge in [0.25, 0.3) is 12.0 Å². The van der Waals surface area contributed by atoms with Crippen LogP contribution in [0.25, 0.3) is 0 Å². The van der Waals surface area contributed by atoms with E-state index in [1.807, 2.05) is 0 Å². The summed E-state index contributed by atoms with van der Waals surface area (Å²) in [6.07, 6.45) is -3.27. The number of anilines is 1. The molecule has 0 bridgehead atoms. The van der Waals surface area contributed by atoms with Crippen molar-refractivity contribution in [1.29, 1.82) is 0 Å². The van der Waals surface area contributed by atoms with Gasteiger partial charge in [-0.25, -0.2) is 13.5 Å². The summed E-state index contributed by atoms with van der Waals surface area (Å²) in [5.74, 6) is 0. The van der Waals surface area contributed by atoms with Gasteiger partial charge < -0.3 is 10.4 Å². The molecule has 1 unspecified atom stereocenters. The third-order valence-corrected chi connectivity index (χ3v) is 2.99. The zero-order valence-corrected chi connectivity index (χ0v) is 11.5. The SMILES string of the molecule is CC(C)n1ncc(NCC(O)C(F)F)c(Br)c1=O. The molecule has 8 heteroatoms. The Kier molecular flexibility index (Phi) is 5.21. The van der Waals surface area contributed by atoms with Crippen molar-refractivity contribution in [1.82, 2.24) is 9.78 Å². The van der Waals surface area contributed by atoms with E-state index in [-0.39, 0.29) is 28.3 Å². The highest BCUT2D eigenvalue weighted by Crippen LogP contribution is 2.17. The first-order valence-corrected chi connectivity index (χ1v) is 6.11. The smallest absolute Gasteiger partial charge is 0.283 e. The first kappa shape index (κ1) is 15.0. The summed E-state index contributed by atoms with van der Waals surface area (Å²) in [5.41, 5.74) is -0.0851. The molecule has 0 saturated heterocycles. The molecule has 0 aromatic carbocycles. The standard InChI is InChI=1S/C10H14BrF2N3O2/c1-5(2)16-10(18)8(11)6(3-15-16)14-4-7(17)9(12)13/h3,5,7,9,14,17H,4H2,1-2H3. The number of nitrogens with one attached hydrogen (secondary N) is 1. The molecule has 1 aromatic rings. The number of hydrogen-bond acceptors (Lipinski definition) is 4. The summed E-state index contributed by atoms with van der Waals surface area (Å²) < 4.78 is 25.7. The number of hydrogen-bond donors (Lipinski definition) is 2. The van der Waals surface area contributed by atoms with E-state index in [9.17, 15) is 13.6 Å². The fourth-order valence-electron chi connectivity index (χ4n) is 1.24. The van der Waals surface area contributed by atoms with Crippen LogP contribution in [-0.4, -0.2) is 34.0 Å². The van der Waals surface area contributed by atoms with E-state index in [4.69, 9.17) is 5.11 Å². The van der Waals surface area contributed by atoms with Crippen LogP contribution in [0.15, 0.2) is 15.5 Å². The number of aromatic nitrogens is 2. The first-order valence-electron chi connectivity index (χ1n) is 5.32. The quantitative estimate of drug-likeness (QED) is 0.863. The Hall–Kier alpha value is -1.02. The van der Waals surface area contributed by atoms with Crippen LogP contribution >= 0.6 is 15.9 Å². The minimum absolute atomic E-state index is 0.102. The highest BCUT2D eigenvalue weighted by Gasteiger charge is 2.17. The minimum atomic E-state index is -2.83. The topological polar surface area (TPSA) is 67.2 Å². The van der Waals surface area contributed by atoms with Gasteiger partial charge in [-0.3, -0.25) is 4.79 Å². The van der Waals surface area contributed by atoms with Gasteiger partial charge >= 0.3 is 0 Å². The summed E-state index contributed by atoms with van der Waals surface area (Å²) in [7, 11) is 0. The van der Waals surface area contributed by atoms with Crippen LogP contribution in [0.2, 0.25) is 0 Å². The third kappa shape index (κ3) is 3.49. The second-order valence-corrected chi connectivity index (χ2v) is 4.79. The van der Waals surface area contributed by atoms with Crippen LogP contribution < -0.4 is 10.9 Å². The van der Waals surface area contributed by atoms with Crippen LogP contribution in [0.4, 0.5) is 14.5 Å². The van der Waals surface area contributed by atoms with E-state index in [0.717, 1.165) is 0 Å². The molecular formula is C10H14BrF2N3O2. The molecule has 1 aromatic heterocycles. The van der Waals surface area contributed by atoms with Gasteiger partial charge in [0.1, 0.15) is 10.6 Å². The van der Waals surface area contributed by atoms with Crippen LogP contribution in [0.3, 0.4) is 0 Å². The van der Waals surface area contributed by atoms with Crippen molar-refractivity contribution in [2.24, 2.45) is 0 Å². The van der Waals surface area contributed by atoms with Gasteiger partial charge in [0.2, 0.25) is 0 Å². The maximum Gasteiger partial charge on any atom is 0.283 e. The lowest BCUT2D eigenvalue weighted by Gasteiger charge is -2.14. The van der Waals surface area contributed by atoms with Gasteiger partial charge in [0, 0.05) is 6.54 Å². The lowest BCUT2D eigenvalue weighted by atomic mass is 10.3. The molecule has 0 amide bonds. The Balaban J connectivity index is 2.86. The number of halogens is 3. The monoisotopic (exact) mass is 325 g/mol. The van der Waals surface area contributed by atoms with Crippen molar-refractivity contribution in [3.05, 3.63) is 21.0 Å². The number of aliphatic hydroxyl groups is 1. The van der Waals surface area contributed by atoms with Gasteiger partial charge in [0.05, 0.1) is 17.9 Å². The Bertz CT molecular complexity index is 465. The fraction of sp³-hybridized carbons (Fsp3) is 0.600. The molecular weight excluding hydrogens is 312 g/mol. The Morgan fingerprint density at radius 3 is 2.67 bits per heavy atom. The second kappa shape index (κ2) is 6.24. The largest absolute Gasteiger partial charge is 0.385 e. The van der Waals surface area contributed by atoms with Crippen molar-refractivity contribution < 1.29 is 13.9 Å². The molecule has 0 aliphatic carbocycles. The predicted molar refractivity (Wildman–Crippen MR) is 67.1 cm³/mol. The molecule has 0 saturated carbocycles. The Morgan fingerprint density at radius 2 is 2.17 bits per heavy atom. The number of rotatable bonds is 5. The average molecular weight is 326 g/mol. The molecule has 2 N–H and O–H groups in total. The van der Waals surface area contributed by atoms with Crippen molar-refractivity contribution in [3.63, 3.8) is 0 Å². The Labute approximate surface area is 111 Å². The maximum atomic E-state index is 12.1. The summed E-state index contributed by atoms with van der Waals surface area (Å²) in [6, 6.07) is -0.102. The zero-order chi connectivity index (χ0) is 13.9. The lowest BCUT2D eigenvalue weighted by Crippen LogP contribution is -2.29. The average Bonchev–Trinajstić information content (AvgIpc) is 2.30. The van der Waals surface area contributed by atoms with E-state index in [2.05, 4.69) is 26.3 Å². The Morgan fingerprint density at radius 1 is 1.56 bits per heavy atom.